The van der Waals surface area contributed by atoms with Gasteiger partial charge in [-0.2, -0.15) is 0 Å². The van der Waals surface area contributed by atoms with Crippen LogP contribution in [0, 0.1) is 11.8 Å². The van der Waals surface area contributed by atoms with Crippen LogP contribution in [0.3, 0.4) is 0 Å². The van der Waals surface area contributed by atoms with E-state index >= 15 is 0 Å². The van der Waals surface area contributed by atoms with Crippen LogP contribution in [0.5, 0.6) is 0 Å². The SMILES string of the molecule is CCC(C)[C@H](N)C(=O)N(C)CC1CCOCC1. The van der Waals surface area contributed by atoms with Gasteiger partial charge in [0, 0.05) is 26.8 Å². The molecule has 4 nitrogen and oxygen atoms in total. The van der Waals surface area contributed by atoms with Crippen LogP contribution >= 0.6 is 0 Å². The summed E-state index contributed by atoms with van der Waals surface area (Å²) < 4.78 is 5.32. The first kappa shape index (κ1) is 14.5. The smallest absolute Gasteiger partial charge is 0.239 e. The molecule has 0 radical (unpaired) electrons. The van der Waals surface area contributed by atoms with E-state index in [1.54, 1.807) is 4.90 Å². The Bertz CT molecular complexity index is 240. The molecule has 0 spiro atoms. The van der Waals surface area contributed by atoms with Gasteiger partial charge in [0.15, 0.2) is 0 Å². The number of ether oxygens (including phenoxy) is 1. The molecule has 1 aliphatic rings. The molecule has 2 N–H and O–H groups in total. The molecule has 1 unspecified atom stereocenters. The molecule has 1 saturated heterocycles. The predicted octanol–water partition coefficient (Wildman–Crippen LogP) is 1.24. The molecule has 2 atom stereocenters. The third-order valence-electron chi connectivity index (χ3n) is 3.79. The van der Waals surface area contributed by atoms with E-state index in [9.17, 15) is 4.79 Å². The lowest BCUT2D eigenvalue weighted by molar-refractivity contribution is -0.133. The highest BCUT2D eigenvalue weighted by Gasteiger charge is 2.25. The van der Waals surface area contributed by atoms with Crippen molar-refractivity contribution in [2.75, 3.05) is 26.8 Å². The molecule has 0 aliphatic carbocycles. The molecular weight excluding hydrogens is 216 g/mol. The van der Waals surface area contributed by atoms with Crippen LogP contribution in [0.4, 0.5) is 0 Å². The monoisotopic (exact) mass is 242 g/mol. The highest BCUT2D eigenvalue weighted by molar-refractivity contribution is 5.81. The van der Waals surface area contributed by atoms with Gasteiger partial charge in [0.2, 0.25) is 5.91 Å². The highest BCUT2D eigenvalue weighted by atomic mass is 16.5. The zero-order chi connectivity index (χ0) is 12.8. The van der Waals surface area contributed by atoms with Crippen molar-refractivity contribution in [3.63, 3.8) is 0 Å². The lowest BCUT2D eigenvalue weighted by Crippen LogP contribution is -2.47. The van der Waals surface area contributed by atoms with Crippen molar-refractivity contribution < 1.29 is 9.53 Å². The fourth-order valence-corrected chi connectivity index (χ4v) is 2.16. The fraction of sp³-hybridized carbons (Fsp3) is 0.923. The number of carbonyl (C=O) groups is 1. The molecular formula is C13H26N2O2. The Morgan fingerprint density at radius 1 is 1.47 bits per heavy atom. The molecule has 0 aromatic heterocycles. The van der Waals surface area contributed by atoms with Gasteiger partial charge in [-0.05, 0) is 24.7 Å². The van der Waals surface area contributed by atoms with E-state index in [0.717, 1.165) is 39.0 Å². The molecule has 1 rings (SSSR count). The van der Waals surface area contributed by atoms with E-state index in [1.165, 1.54) is 0 Å². The first-order valence-electron chi connectivity index (χ1n) is 6.64. The summed E-state index contributed by atoms with van der Waals surface area (Å²) >= 11 is 0. The summed E-state index contributed by atoms with van der Waals surface area (Å²) in [4.78, 5) is 13.9. The summed E-state index contributed by atoms with van der Waals surface area (Å²) in [6.45, 7) is 6.56. The van der Waals surface area contributed by atoms with E-state index in [0.29, 0.717) is 5.92 Å². The summed E-state index contributed by atoms with van der Waals surface area (Å²) in [7, 11) is 1.86. The van der Waals surface area contributed by atoms with Gasteiger partial charge in [0.1, 0.15) is 0 Å². The predicted molar refractivity (Wildman–Crippen MR) is 68.6 cm³/mol. The van der Waals surface area contributed by atoms with Gasteiger partial charge in [-0.15, -0.1) is 0 Å². The second kappa shape index (κ2) is 6.97. The Morgan fingerprint density at radius 3 is 2.59 bits per heavy atom. The van der Waals surface area contributed by atoms with Crippen molar-refractivity contribution >= 4 is 5.91 Å². The van der Waals surface area contributed by atoms with Gasteiger partial charge in [-0.25, -0.2) is 0 Å². The maximum Gasteiger partial charge on any atom is 0.239 e. The van der Waals surface area contributed by atoms with E-state index < -0.39 is 0 Å². The summed E-state index contributed by atoms with van der Waals surface area (Å²) in [5.74, 6) is 0.896. The zero-order valence-electron chi connectivity index (χ0n) is 11.3. The van der Waals surface area contributed by atoms with Crippen molar-refractivity contribution in [2.45, 2.75) is 39.2 Å². The molecule has 4 heteroatoms. The van der Waals surface area contributed by atoms with Gasteiger partial charge < -0.3 is 15.4 Å². The first-order valence-corrected chi connectivity index (χ1v) is 6.64. The summed E-state index contributed by atoms with van der Waals surface area (Å²) in [6, 6.07) is -0.357. The van der Waals surface area contributed by atoms with Crippen LogP contribution in [-0.2, 0) is 9.53 Å². The number of likely N-dealkylation sites (N-methyl/N-ethyl adjacent to an activating group) is 1. The Balaban J connectivity index is 2.40. The van der Waals surface area contributed by atoms with Crippen LogP contribution in [0.2, 0.25) is 0 Å². The van der Waals surface area contributed by atoms with Crippen molar-refractivity contribution in [2.24, 2.45) is 17.6 Å². The van der Waals surface area contributed by atoms with Crippen molar-refractivity contribution in [3.05, 3.63) is 0 Å². The Labute approximate surface area is 104 Å². The molecule has 1 heterocycles. The second-order valence-electron chi connectivity index (χ2n) is 5.19. The highest BCUT2D eigenvalue weighted by Crippen LogP contribution is 2.16. The molecule has 0 aromatic carbocycles. The van der Waals surface area contributed by atoms with Crippen molar-refractivity contribution in [1.29, 1.82) is 0 Å². The normalized spacial score (nSPS) is 20.9. The standard InChI is InChI=1S/C13H26N2O2/c1-4-10(2)12(14)13(16)15(3)9-11-5-7-17-8-6-11/h10-12H,4-9,14H2,1-3H3/t10?,12-/m0/s1. The van der Waals surface area contributed by atoms with Gasteiger partial charge >= 0.3 is 0 Å². The Morgan fingerprint density at radius 2 is 2.06 bits per heavy atom. The maximum absolute atomic E-state index is 12.1. The molecule has 1 aliphatic heterocycles. The third-order valence-corrected chi connectivity index (χ3v) is 3.79. The van der Waals surface area contributed by atoms with E-state index in [2.05, 4.69) is 6.92 Å². The van der Waals surface area contributed by atoms with Gasteiger partial charge in [0.25, 0.3) is 0 Å². The summed E-state index contributed by atoms with van der Waals surface area (Å²) in [5.41, 5.74) is 5.96. The molecule has 100 valence electrons. The number of amides is 1. The van der Waals surface area contributed by atoms with Crippen LogP contribution in [-0.4, -0.2) is 43.7 Å². The number of hydrogen-bond acceptors (Lipinski definition) is 3. The minimum atomic E-state index is -0.357. The number of nitrogens with two attached hydrogens (primary N) is 1. The number of carbonyl (C=O) groups excluding carboxylic acids is 1. The number of rotatable bonds is 5. The first-order chi connectivity index (χ1) is 8.06. The average molecular weight is 242 g/mol. The molecule has 0 aromatic rings. The van der Waals surface area contributed by atoms with Gasteiger partial charge in [0.05, 0.1) is 6.04 Å². The summed E-state index contributed by atoms with van der Waals surface area (Å²) in [6.07, 6.45) is 3.05. The average Bonchev–Trinajstić information content (AvgIpc) is 2.37. The zero-order valence-corrected chi connectivity index (χ0v) is 11.3. The molecule has 17 heavy (non-hydrogen) atoms. The third kappa shape index (κ3) is 4.28. The van der Waals surface area contributed by atoms with Gasteiger partial charge in [-0.3, -0.25) is 4.79 Å². The Kier molecular flexibility index (Phi) is 5.92. The molecule has 0 bridgehead atoms. The van der Waals surface area contributed by atoms with Crippen molar-refractivity contribution in [1.82, 2.24) is 4.90 Å². The lowest BCUT2D eigenvalue weighted by Gasteiger charge is -2.30. The van der Waals surface area contributed by atoms with E-state index in [4.69, 9.17) is 10.5 Å². The lowest BCUT2D eigenvalue weighted by atomic mass is 9.97. The van der Waals surface area contributed by atoms with Gasteiger partial charge in [-0.1, -0.05) is 20.3 Å². The van der Waals surface area contributed by atoms with Crippen LogP contribution in [0.25, 0.3) is 0 Å². The van der Waals surface area contributed by atoms with E-state index in [-0.39, 0.29) is 17.9 Å². The molecule has 1 amide bonds. The quantitative estimate of drug-likeness (QED) is 0.789. The largest absolute Gasteiger partial charge is 0.381 e. The fourth-order valence-electron chi connectivity index (χ4n) is 2.16. The molecule has 0 saturated carbocycles. The molecule has 1 fully saturated rings. The number of hydrogen-bond donors (Lipinski definition) is 1. The summed E-state index contributed by atoms with van der Waals surface area (Å²) in [5, 5.41) is 0. The minimum absolute atomic E-state index is 0.0749. The van der Waals surface area contributed by atoms with Crippen LogP contribution in [0.15, 0.2) is 0 Å². The Hall–Kier alpha value is -0.610. The van der Waals surface area contributed by atoms with Crippen LogP contribution < -0.4 is 5.73 Å². The van der Waals surface area contributed by atoms with Crippen molar-refractivity contribution in [3.8, 4) is 0 Å². The minimum Gasteiger partial charge on any atom is -0.381 e. The van der Waals surface area contributed by atoms with E-state index in [1.807, 2.05) is 14.0 Å². The van der Waals surface area contributed by atoms with Crippen LogP contribution in [0.1, 0.15) is 33.1 Å². The second-order valence-corrected chi connectivity index (χ2v) is 5.19. The maximum atomic E-state index is 12.1. The number of nitrogens with zero attached hydrogens (tertiary/aromatic N) is 1. The topological polar surface area (TPSA) is 55.6 Å².